The fourth-order valence-electron chi connectivity index (χ4n) is 3.08. The predicted molar refractivity (Wildman–Crippen MR) is 128 cm³/mol. The Morgan fingerprint density at radius 1 is 1.11 bits per heavy atom. The number of hydrogen-bond acceptors (Lipinski definition) is 4. The lowest BCUT2D eigenvalue weighted by Gasteiger charge is -2.13. The third-order valence-corrected chi connectivity index (χ3v) is 4.76. The van der Waals surface area contributed by atoms with Crippen LogP contribution in [-0.4, -0.2) is 18.2 Å². The lowest BCUT2D eigenvalue weighted by atomic mass is 10.2. The fraction of sp³-hybridized carbons (Fsp3) is 0.240. The quantitative estimate of drug-likeness (QED) is 0.242. The number of anilines is 2. The Balaban J connectivity index is 1.69. The number of aryl methyl sites for hydroxylation is 1. The molecule has 0 saturated heterocycles. The third-order valence-electron chi connectivity index (χ3n) is 4.76. The number of rotatable bonds is 8. The molecule has 1 fully saturated rings. The number of nitrogens with zero attached hydrogens (tertiary/aromatic N) is 1. The normalized spacial score (nSPS) is 13.9. The van der Waals surface area contributed by atoms with E-state index in [1.165, 1.54) is 30.5 Å². The molecule has 2 aromatic rings. The van der Waals surface area contributed by atoms with Crippen LogP contribution in [0.2, 0.25) is 0 Å². The molecule has 2 aromatic carbocycles. The highest BCUT2D eigenvalue weighted by atomic mass is 19.4. The van der Waals surface area contributed by atoms with E-state index < -0.39 is 17.8 Å². The van der Waals surface area contributed by atoms with E-state index in [-0.39, 0.29) is 23.4 Å². The molecular formula is C25H25F3N4O3. The molecule has 1 aliphatic carbocycles. The number of alkyl halides is 3. The summed E-state index contributed by atoms with van der Waals surface area (Å²) in [6.45, 7) is 7.29. The molecule has 0 bridgehead atoms. The van der Waals surface area contributed by atoms with Gasteiger partial charge in [-0.25, -0.2) is 9.79 Å². The summed E-state index contributed by atoms with van der Waals surface area (Å²) in [5.74, 6) is 0.433. The van der Waals surface area contributed by atoms with Gasteiger partial charge in [0.25, 0.3) is 0 Å². The molecule has 10 heteroatoms. The largest absolute Gasteiger partial charge is 0.439 e. The molecule has 1 aliphatic rings. The van der Waals surface area contributed by atoms with Gasteiger partial charge < -0.3 is 20.7 Å². The van der Waals surface area contributed by atoms with Crippen LogP contribution in [0.15, 0.2) is 71.7 Å². The number of ether oxygens (including phenoxy) is 1. The van der Waals surface area contributed by atoms with E-state index in [2.05, 4.69) is 27.5 Å². The van der Waals surface area contributed by atoms with E-state index in [9.17, 15) is 22.8 Å². The molecule has 0 radical (unpaired) electrons. The van der Waals surface area contributed by atoms with Crippen LogP contribution in [0.3, 0.4) is 0 Å². The van der Waals surface area contributed by atoms with Crippen LogP contribution >= 0.6 is 0 Å². The van der Waals surface area contributed by atoms with Crippen molar-refractivity contribution in [1.82, 2.24) is 5.32 Å². The zero-order valence-corrected chi connectivity index (χ0v) is 19.2. The number of benzene rings is 2. The highest BCUT2D eigenvalue weighted by Gasteiger charge is 2.30. The Morgan fingerprint density at radius 3 is 2.49 bits per heavy atom. The molecule has 3 N–H and O–H groups in total. The van der Waals surface area contributed by atoms with E-state index in [4.69, 9.17) is 4.74 Å². The maximum Gasteiger partial charge on any atom is 0.416 e. The van der Waals surface area contributed by atoms with Gasteiger partial charge in [-0.1, -0.05) is 12.6 Å². The lowest BCUT2D eigenvalue weighted by molar-refractivity contribution is -0.137. The molecule has 35 heavy (non-hydrogen) atoms. The van der Waals surface area contributed by atoms with Crippen LogP contribution < -0.4 is 20.7 Å². The highest BCUT2D eigenvalue weighted by molar-refractivity contribution is 6.00. The summed E-state index contributed by atoms with van der Waals surface area (Å²) in [6, 6.07) is 8.51. The second-order valence-corrected chi connectivity index (χ2v) is 7.95. The molecule has 3 amide bonds. The smallest absolute Gasteiger partial charge is 0.416 e. The minimum Gasteiger partial charge on any atom is -0.439 e. The first kappa shape index (κ1) is 25.5. The monoisotopic (exact) mass is 486 g/mol. The number of allylic oxidation sites excluding steroid dienone is 1. The van der Waals surface area contributed by atoms with Crippen molar-refractivity contribution in [2.75, 3.05) is 10.6 Å². The molecule has 0 unspecified atom stereocenters. The van der Waals surface area contributed by atoms with Gasteiger partial charge in [-0.2, -0.15) is 13.2 Å². The highest BCUT2D eigenvalue weighted by Crippen LogP contribution is 2.31. The average Bonchev–Trinajstić information content (AvgIpc) is 3.58. The fourth-order valence-corrected chi connectivity index (χ4v) is 3.08. The van der Waals surface area contributed by atoms with E-state index in [1.807, 2.05) is 0 Å². The number of urea groups is 1. The Labute approximate surface area is 200 Å². The van der Waals surface area contributed by atoms with Gasteiger partial charge in [0.1, 0.15) is 5.75 Å². The first-order chi connectivity index (χ1) is 16.5. The molecule has 0 heterocycles. The summed E-state index contributed by atoms with van der Waals surface area (Å²) in [5.41, 5.74) is 0.555. The molecule has 0 spiro atoms. The second kappa shape index (κ2) is 10.9. The van der Waals surface area contributed by atoms with Crippen molar-refractivity contribution >= 4 is 29.5 Å². The van der Waals surface area contributed by atoms with Crippen molar-refractivity contribution in [2.45, 2.75) is 32.9 Å². The van der Waals surface area contributed by atoms with Crippen molar-refractivity contribution in [3.8, 4) is 5.75 Å². The Kier molecular flexibility index (Phi) is 7.95. The number of carbonyl (C=O) groups excluding carboxylic acids is 2. The first-order valence-electron chi connectivity index (χ1n) is 10.8. The van der Waals surface area contributed by atoms with Crippen LogP contribution in [0.5, 0.6) is 5.75 Å². The molecule has 0 aromatic heterocycles. The number of hydrogen-bond donors (Lipinski definition) is 3. The summed E-state index contributed by atoms with van der Waals surface area (Å²) < 4.78 is 44.5. The van der Waals surface area contributed by atoms with Gasteiger partial charge in [0.15, 0.2) is 0 Å². The third kappa shape index (κ3) is 8.02. The minimum atomic E-state index is -4.52. The summed E-state index contributed by atoms with van der Waals surface area (Å²) in [5, 5.41) is 7.66. The molecule has 0 aliphatic heterocycles. The number of halogens is 3. The van der Waals surface area contributed by atoms with Crippen molar-refractivity contribution in [3.05, 3.63) is 77.8 Å². The number of nitrogens with one attached hydrogen (secondary N) is 3. The van der Waals surface area contributed by atoms with Gasteiger partial charge in [-0.3, -0.25) is 4.79 Å². The standard InChI is InChI=1S/C25H25F3N4O3/c1-4-29-22(12-16(3)30-23(33)17-8-9-17)35-21-11-15(2)10-20(14-21)32-24(34)31-19-7-5-6-18(13-19)25(26,27)28/h4-7,10-14,17H,3,8-9H2,1-2H3,(H,30,33)(H2,31,32,34)/b22-12+,29-4?. The molecule has 184 valence electrons. The van der Waals surface area contributed by atoms with Crippen molar-refractivity contribution in [1.29, 1.82) is 0 Å². The SMILES string of the molecule is C=C(/C=C(\N=CC)Oc1cc(C)cc(NC(=O)Nc2cccc(C(F)(F)F)c2)c1)NC(=O)C1CC1. The van der Waals surface area contributed by atoms with E-state index in [1.54, 1.807) is 26.0 Å². The van der Waals surface area contributed by atoms with Crippen LogP contribution in [0, 0.1) is 12.8 Å². The van der Waals surface area contributed by atoms with E-state index >= 15 is 0 Å². The first-order valence-corrected chi connectivity index (χ1v) is 10.8. The lowest BCUT2D eigenvalue weighted by Crippen LogP contribution is -2.23. The average molecular weight is 486 g/mol. The van der Waals surface area contributed by atoms with Crippen molar-refractivity contribution in [2.24, 2.45) is 10.9 Å². The van der Waals surface area contributed by atoms with Gasteiger partial charge in [0.2, 0.25) is 11.8 Å². The van der Waals surface area contributed by atoms with Gasteiger partial charge >= 0.3 is 12.2 Å². The van der Waals surface area contributed by atoms with Gasteiger partial charge in [0.05, 0.1) is 5.56 Å². The van der Waals surface area contributed by atoms with Crippen molar-refractivity contribution < 1.29 is 27.5 Å². The summed E-state index contributed by atoms with van der Waals surface area (Å²) >= 11 is 0. The second-order valence-electron chi connectivity index (χ2n) is 7.95. The van der Waals surface area contributed by atoms with E-state index in [0.717, 1.165) is 30.5 Å². The van der Waals surface area contributed by atoms with Crippen LogP contribution in [0.25, 0.3) is 0 Å². The Bertz CT molecular complexity index is 1180. The Hall–Kier alpha value is -4.08. The van der Waals surface area contributed by atoms with Gasteiger partial charge in [-0.15, -0.1) is 0 Å². The zero-order valence-electron chi connectivity index (χ0n) is 19.2. The molecule has 0 atom stereocenters. The van der Waals surface area contributed by atoms with Gasteiger partial charge in [-0.05, 0) is 62.6 Å². The summed E-state index contributed by atoms with van der Waals surface area (Å²) in [4.78, 5) is 28.4. The number of amides is 3. The number of aliphatic imine (C=N–C) groups is 1. The molecule has 3 rings (SSSR count). The molecular weight excluding hydrogens is 461 g/mol. The molecule has 1 saturated carbocycles. The number of carbonyl (C=O) groups is 2. The Morgan fingerprint density at radius 2 is 1.83 bits per heavy atom. The maximum atomic E-state index is 12.9. The summed E-state index contributed by atoms with van der Waals surface area (Å²) in [6.07, 6.45) is 0.198. The van der Waals surface area contributed by atoms with Gasteiger partial charge in [0, 0.05) is 41.3 Å². The minimum absolute atomic E-state index is 0.00397. The van der Waals surface area contributed by atoms with Crippen LogP contribution in [0.1, 0.15) is 30.9 Å². The predicted octanol–water partition coefficient (Wildman–Crippen LogP) is 6.01. The summed E-state index contributed by atoms with van der Waals surface area (Å²) in [7, 11) is 0. The van der Waals surface area contributed by atoms with Crippen LogP contribution in [-0.2, 0) is 11.0 Å². The van der Waals surface area contributed by atoms with E-state index in [0.29, 0.717) is 17.1 Å². The zero-order chi connectivity index (χ0) is 25.6. The molecule has 7 nitrogen and oxygen atoms in total. The van der Waals surface area contributed by atoms with Crippen molar-refractivity contribution in [3.63, 3.8) is 0 Å². The van der Waals surface area contributed by atoms with Crippen LogP contribution in [0.4, 0.5) is 29.3 Å². The topological polar surface area (TPSA) is 91.8 Å². The maximum absolute atomic E-state index is 12.9.